The average Bonchev–Trinajstić information content (AvgIpc) is 2.15. The van der Waals surface area contributed by atoms with Gasteiger partial charge in [-0.25, -0.2) is 0 Å². The molecule has 76 valence electrons. The van der Waals surface area contributed by atoms with E-state index in [0.717, 1.165) is 18.4 Å². The predicted octanol–water partition coefficient (Wildman–Crippen LogP) is 3.81. The van der Waals surface area contributed by atoms with E-state index in [9.17, 15) is 4.79 Å². The number of carbonyl (C=O) groups is 1. The molecule has 1 unspecified atom stereocenters. The quantitative estimate of drug-likeness (QED) is 0.739. The van der Waals surface area contributed by atoms with Crippen molar-refractivity contribution >= 4 is 17.4 Å². The molecule has 1 aromatic rings. The third-order valence-electron chi connectivity index (χ3n) is 2.35. The normalized spacial score (nSPS) is 12.5. The number of halogens is 1. The fourth-order valence-corrected chi connectivity index (χ4v) is 1.89. The van der Waals surface area contributed by atoms with Crippen molar-refractivity contribution in [2.45, 2.75) is 32.6 Å². The lowest BCUT2D eigenvalue weighted by Crippen LogP contribution is -2.08. The lowest BCUT2D eigenvalue weighted by molar-refractivity contribution is -0.118. The Balaban J connectivity index is 2.99. The number of Topliss-reactive ketones (excluding diaryl/α,β-unsaturated/α-hetero) is 1. The van der Waals surface area contributed by atoms with Crippen molar-refractivity contribution in [3.63, 3.8) is 0 Å². The molecule has 0 radical (unpaired) electrons. The molecular formula is C12H15ClO. The first-order valence-electron chi connectivity index (χ1n) is 4.91. The highest BCUT2D eigenvalue weighted by Crippen LogP contribution is 2.28. The third-order valence-corrected chi connectivity index (χ3v) is 2.69. The number of carbonyl (C=O) groups excluding carboxylic acids is 1. The molecule has 1 rings (SSSR count). The molecule has 0 N–H and O–H groups in total. The van der Waals surface area contributed by atoms with Crippen molar-refractivity contribution in [2.75, 3.05) is 0 Å². The SMILES string of the molecule is CCCC(C(C)=O)c1ccccc1Cl. The predicted molar refractivity (Wildman–Crippen MR) is 59.8 cm³/mol. The van der Waals surface area contributed by atoms with Crippen LogP contribution in [0.3, 0.4) is 0 Å². The summed E-state index contributed by atoms with van der Waals surface area (Å²) >= 11 is 6.05. The molecule has 0 bridgehead atoms. The summed E-state index contributed by atoms with van der Waals surface area (Å²) in [4.78, 5) is 11.4. The van der Waals surface area contributed by atoms with E-state index >= 15 is 0 Å². The molecule has 1 aromatic carbocycles. The van der Waals surface area contributed by atoms with Crippen molar-refractivity contribution in [3.05, 3.63) is 34.9 Å². The summed E-state index contributed by atoms with van der Waals surface area (Å²) < 4.78 is 0. The minimum Gasteiger partial charge on any atom is -0.299 e. The first-order chi connectivity index (χ1) is 6.66. The maximum Gasteiger partial charge on any atom is 0.137 e. The van der Waals surface area contributed by atoms with E-state index in [1.807, 2.05) is 24.3 Å². The highest BCUT2D eigenvalue weighted by atomic mass is 35.5. The summed E-state index contributed by atoms with van der Waals surface area (Å²) in [6.07, 6.45) is 1.87. The second-order valence-corrected chi connectivity index (χ2v) is 3.88. The molecule has 0 aliphatic heterocycles. The fourth-order valence-electron chi connectivity index (χ4n) is 1.62. The number of hydrogen-bond donors (Lipinski definition) is 0. The highest BCUT2D eigenvalue weighted by molar-refractivity contribution is 6.31. The van der Waals surface area contributed by atoms with Gasteiger partial charge in [-0.2, -0.15) is 0 Å². The Bertz CT molecular complexity index is 320. The topological polar surface area (TPSA) is 17.1 Å². The van der Waals surface area contributed by atoms with Gasteiger partial charge in [0.1, 0.15) is 5.78 Å². The maximum absolute atomic E-state index is 11.4. The van der Waals surface area contributed by atoms with Crippen LogP contribution in [0.4, 0.5) is 0 Å². The number of hydrogen-bond acceptors (Lipinski definition) is 1. The van der Waals surface area contributed by atoms with E-state index < -0.39 is 0 Å². The fraction of sp³-hybridized carbons (Fsp3) is 0.417. The summed E-state index contributed by atoms with van der Waals surface area (Å²) in [5, 5.41) is 0.696. The van der Waals surface area contributed by atoms with Crippen molar-refractivity contribution in [3.8, 4) is 0 Å². The van der Waals surface area contributed by atoms with Crippen LogP contribution in [0.15, 0.2) is 24.3 Å². The Labute approximate surface area is 90.1 Å². The van der Waals surface area contributed by atoms with Gasteiger partial charge in [-0.1, -0.05) is 43.1 Å². The number of rotatable bonds is 4. The first kappa shape index (κ1) is 11.3. The average molecular weight is 211 g/mol. The van der Waals surface area contributed by atoms with Gasteiger partial charge in [0.05, 0.1) is 0 Å². The molecule has 0 aromatic heterocycles. The van der Waals surface area contributed by atoms with Crippen LogP contribution in [0.25, 0.3) is 0 Å². The molecule has 0 saturated heterocycles. The minimum absolute atomic E-state index is 0.0336. The van der Waals surface area contributed by atoms with Crippen LogP contribution >= 0.6 is 11.6 Å². The molecule has 0 aliphatic carbocycles. The lowest BCUT2D eigenvalue weighted by atomic mass is 9.91. The zero-order chi connectivity index (χ0) is 10.6. The molecule has 0 fully saturated rings. The molecular weight excluding hydrogens is 196 g/mol. The van der Waals surface area contributed by atoms with Crippen LogP contribution in [0.1, 0.15) is 38.2 Å². The zero-order valence-corrected chi connectivity index (χ0v) is 9.34. The third kappa shape index (κ3) is 2.58. The highest BCUT2D eigenvalue weighted by Gasteiger charge is 2.17. The Morgan fingerprint density at radius 1 is 1.43 bits per heavy atom. The molecule has 2 heteroatoms. The maximum atomic E-state index is 11.4. The summed E-state index contributed by atoms with van der Waals surface area (Å²) in [5.74, 6) is 0.161. The van der Waals surface area contributed by atoms with Gasteiger partial charge in [0.25, 0.3) is 0 Å². The van der Waals surface area contributed by atoms with Gasteiger partial charge >= 0.3 is 0 Å². The Morgan fingerprint density at radius 2 is 2.07 bits per heavy atom. The van der Waals surface area contributed by atoms with E-state index in [0.29, 0.717) is 5.02 Å². The Hall–Kier alpha value is -0.820. The number of benzene rings is 1. The molecule has 14 heavy (non-hydrogen) atoms. The summed E-state index contributed by atoms with van der Waals surface area (Å²) in [5.41, 5.74) is 0.962. The Morgan fingerprint density at radius 3 is 2.57 bits per heavy atom. The molecule has 1 atom stereocenters. The van der Waals surface area contributed by atoms with Gasteiger partial charge in [-0.15, -0.1) is 0 Å². The largest absolute Gasteiger partial charge is 0.299 e. The van der Waals surface area contributed by atoms with Crippen molar-refractivity contribution in [1.29, 1.82) is 0 Å². The van der Waals surface area contributed by atoms with Crippen LogP contribution in [0.5, 0.6) is 0 Å². The van der Waals surface area contributed by atoms with Crippen molar-refractivity contribution in [1.82, 2.24) is 0 Å². The van der Waals surface area contributed by atoms with Crippen LogP contribution in [-0.2, 0) is 4.79 Å². The Kier molecular flexibility index (Phi) is 4.15. The zero-order valence-electron chi connectivity index (χ0n) is 8.59. The van der Waals surface area contributed by atoms with Gasteiger partial charge < -0.3 is 0 Å². The smallest absolute Gasteiger partial charge is 0.137 e. The van der Waals surface area contributed by atoms with E-state index in [1.54, 1.807) is 6.92 Å². The van der Waals surface area contributed by atoms with Gasteiger partial charge in [0.2, 0.25) is 0 Å². The summed E-state index contributed by atoms with van der Waals surface area (Å²) in [6.45, 7) is 3.70. The van der Waals surface area contributed by atoms with Crippen LogP contribution in [0, 0.1) is 0 Å². The van der Waals surface area contributed by atoms with E-state index in [4.69, 9.17) is 11.6 Å². The van der Waals surface area contributed by atoms with Crippen LogP contribution in [-0.4, -0.2) is 5.78 Å². The molecule has 0 amide bonds. The summed E-state index contributed by atoms with van der Waals surface area (Å²) in [7, 11) is 0. The lowest BCUT2D eigenvalue weighted by Gasteiger charge is -2.14. The molecule has 0 saturated carbocycles. The molecule has 1 nitrogen and oxygen atoms in total. The molecule has 0 aliphatic rings. The van der Waals surface area contributed by atoms with E-state index in [-0.39, 0.29) is 11.7 Å². The van der Waals surface area contributed by atoms with Crippen molar-refractivity contribution < 1.29 is 4.79 Å². The van der Waals surface area contributed by atoms with Crippen LogP contribution in [0.2, 0.25) is 5.02 Å². The van der Waals surface area contributed by atoms with Crippen molar-refractivity contribution in [2.24, 2.45) is 0 Å². The minimum atomic E-state index is -0.0336. The molecule has 0 heterocycles. The number of ketones is 1. The van der Waals surface area contributed by atoms with Gasteiger partial charge in [-0.3, -0.25) is 4.79 Å². The van der Waals surface area contributed by atoms with Gasteiger partial charge in [-0.05, 0) is 25.0 Å². The second kappa shape index (κ2) is 5.16. The van der Waals surface area contributed by atoms with Crippen LogP contribution < -0.4 is 0 Å². The summed E-state index contributed by atoms with van der Waals surface area (Å²) in [6, 6.07) is 7.58. The standard InChI is InChI=1S/C12H15ClO/c1-3-6-10(9(2)14)11-7-4-5-8-12(11)13/h4-5,7-8,10H,3,6H2,1-2H3. The van der Waals surface area contributed by atoms with Gasteiger partial charge in [0, 0.05) is 10.9 Å². The molecule has 0 spiro atoms. The van der Waals surface area contributed by atoms with E-state index in [1.165, 1.54) is 0 Å². The first-order valence-corrected chi connectivity index (χ1v) is 5.29. The van der Waals surface area contributed by atoms with Gasteiger partial charge in [0.15, 0.2) is 0 Å². The van der Waals surface area contributed by atoms with E-state index in [2.05, 4.69) is 6.92 Å². The monoisotopic (exact) mass is 210 g/mol. The second-order valence-electron chi connectivity index (χ2n) is 3.47.